The first-order valence-corrected chi connectivity index (χ1v) is 5.09. The molecule has 16 heavy (non-hydrogen) atoms. The highest BCUT2D eigenvalue weighted by atomic mass is 19.1. The molecule has 0 bridgehead atoms. The molecule has 0 aliphatic heterocycles. The highest BCUT2D eigenvalue weighted by Gasteiger charge is 2.21. The van der Waals surface area contributed by atoms with Gasteiger partial charge in [-0.1, -0.05) is 11.5 Å². The average molecular weight is 216 g/mol. The molecule has 2 rings (SSSR count). The van der Waals surface area contributed by atoms with Crippen LogP contribution in [0.1, 0.15) is 24.8 Å². The first-order valence-electron chi connectivity index (χ1n) is 5.09. The number of halogens is 1. The molecule has 1 aromatic carbocycles. The zero-order chi connectivity index (χ0) is 11.7. The number of allylic oxidation sites excluding steroid dienone is 1. The number of carboxylic acid groups (broad SMARTS) is 1. The quantitative estimate of drug-likeness (QED) is 0.763. The molecule has 0 fully saturated rings. The van der Waals surface area contributed by atoms with E-state index >= 15 is 0 Å². The van der Waals surface area contributed by atoms with Crippen LogP contribution >= 0.6 is 0 Å². The Morgan fingerprint density at radius 3 is 2.69 bits per heavy atom. The van der Waals surface area contributed by atoms with Crippen molar-refractivity contribution in [2.45, 2.75) is 19.3 Å². The molecule has 2 radical (unpaired) electrons. The molecule has 2 nitrogen and oxygen atoms in total. The van der Waals surface area contributed by atoms with Crippen molar-refractivity contribution in [2.24, 2.45) is 0 Å². The Kier molecular flexibility index (Phi) is 2.81. The predicted molar refractivity (Wildman–Crippen MR) is 60.2 cm³/mol. The first-order chi connectivity index (χ1) is 7.58. The van der Waals surface area contributed by atoms with E-state index in [4.69, 9.17) is 13.0 Å². The average Bonchev–Trinajstić information content (AvgIpc) is 2.63. The Morgan fingerprint density at radius 2 is 2.06 bits per heavy atom. The summed E-state index contributed by atoms with van der Waals surface area (Å²) in [7, 11) is 5.54. The molecule has 0 saturated carbocycles. The largest absolute Gasteiger partial charge is 0.478 e. The van der Waals surface area contributed by atoms with E-state index < -0.39 is 11.8 Å². The highest BCUT2D eigenvalue weighted by molar-refractivity contribution is 6.32. The molecule has 4 heteroatoms. The number of hydrogen-bond donors (Lipinski definition) is 1. The number of aliphatic carboxylic acids is 1. The van der Waals surface area contributed by atoms with E-state index in [1.807, 2.05) is 0 Å². The van der Waals surface area contributed by atoms with Gasteiger partial charge in [-0.15, -0.1) is 0 Å². The van der Waals surface area contributed by atoms with E-state index in [9.17, 15) is 9.18 Å². The van der Waals surface area contributed by atoms with E-state index in [1.54, 1.807) is 6.07 Å². The standard InChI is InChI=1S/C12H10BFO2/c13-8-4-7(5-9(14)6-8)10-2-1-3-11(10)12(15)16/h4-6H,1-3H2,(H,15,16). The fourth-order valence-electron chi connectivity index (χ4n) is 2.08. The number of rotatable bonds is 2. The maximum atomic E-state index is 13.2. The van der Waals surface area contributed by atoms with Crippen molar-refractivity contribution in [3.8, 4) is 0 Å². The van der Waals surface area contributed by atoms with E-state index in [2.05, 4.69) is 0 Å². The van der Waals surface area contributed by atoms with Crippen LogP contribution in [0.5, 0.6) is 0 Å². The lowest BCUT2D eigenvalue weighted by Gasteiger charge is -2.06. The minimum absolute atomic E-state index is 0.319. The monoisotopic (exact) mass is 216 g/mol. The summed E-state index contributed by atoms with van der Waals surface area (Å²) < 4.78 is 13.2. The molecule has 0 saturated heterocycles. The number of benzene rings is 1. The second kappa shape index (κ2) is 4.12. The molecule has 0 heterocycles. The lowest BCUT2D eigenvalue weighted by atomic mass is 9.91. The summed E-state index contributed by atoms with van der Waals surface area (Å²) in [5, 5.41) is 9.00. The van der Waals surface area contributed by atoms with Gasteiger partial charge in [-0.3, -0.25) is 0 Å². The summed E-state index contributed by atoms with van der Waals surface area (Å²) in [5.41, 5.74) is 2.00. The van der Waals surface area contributed by atoms with Gasteiger partial charge in [-0.2, -0.15) is 0 Å². The van der Waals surface area contributed by atoms with Gasteiger partial charge in [-0.25, -0.2) is 9.18 Å². The Bertz CT molecular complexity index is 460. The maximum absolute atomic E-state index is 13.2. The molecule has 1 aliphatic rings. The Balaban J connectivity index is 2.51. The van der Waals surface area contributed by atoms with Gasteiger partial charge >= 0.3 is 5.97 Å². The third kappa shape index (κ3) is 2.01. The molecule has 1 aliphatic carbocycles. The minimum atomic E-state index is -0.921. The van der Waals surface area contributed by atoms with Crippen LogP contribution in [0.25, 0.3) is 5.57 Å². The third-order valence-corrected chi connectivity index (χ3v) is 2.74. The molecule has 0 unspecified atom stereocenters. The molecule has 0 atom stereocenters. The molecule has 0 spiro atoms. The second-order valence-corrected chi connectivity index (χ2v) is 3.89. The fourth-order valence-corrected chi connectivity index (χ4v) is 2.08. The summed E-state index contributed by atoms with van der Waals surface area (Å²) in [6, 6.07) is 4.17. The summed E-state index contributed by atoms with van der Waals surface area (Å²) >= 11 is 0. The smallest absolute Gasteiger partial charge is 0.331 e. The van der Waals surface area contributed by atoms with E-state index in [-0.39, 0.29) is 0 Å². The van der Waals surface area contributed by atoms with Crippen LogP contribution < -0.4 is 5.46 Å². The third-order valence-electron chi connectivity index (χ3n) is 2.74. The van der Waals surface area contributed by atoms with Gasteiger partial charge in [0.05, 0.1) is 0 Å². The predicted octanol–water partition coefficient (Wildman–Crippen LogP) is 1.64. The van der Waals surface area contributed by atoms with Crippen molar-refractivity contribution in [1.29, 1.82) is 0 Å². The Hall–Kier alpha value is -1.58. The normalized spacial score (nSPS) is 15.6. The van der Waals surface area contributed by atoms with Gasteiger partial charge in [0.1, 0.15) is 13.7 Å². The number of hydrogen-bond acceptors (Lipinski definition) is 1. The lowest BCUT2D eigenvalue weighted by molar-refractivity contribution is -0.132. The molecule has 80 valence electrons. The van der Waals surface area contributed by atoms with Crippen molar-refractivity contribution in [2.75, 3.05) is 0 Å². The van der Waals surface area contributed by atoms with Gasteiger partial charge in [0, 0.05) is 5.57 Å². The van der Waals surface area contributed by atoms with E-state index in [0.29, 0.717) is 35.0 Å². The summed E-state index contributed by atoms with van der Waals surface area (Å²) in [5.74, 6) is -1.35. The summed E-state index contributed by atoms with van der Waals surface area (Å²) in [6.07, 6.45) is 2.01. The topological polar surface area (TPSA) is 37.3 Å². The zero-order valence-electron chi connectivity index (χ0n) is 8.66. The maximum Gasteiger partial charge on any atom is 0.331 e. The van der Waals surface area contributed by atoms with Gasteiger partial charge in [0.25, 0.3) is 0 Å². The summed E-state index contributed by atoms with van der Waals surface area (Å²) in [4.78, 5) is 11.0. The van der Waals surface area contributed by atoms with Gasteiger partial charge in [-0.05, 0) is 42.5 Å². The van der Waals surface area contributed by atoms with Crippen LogP contribution in [0.2, 0.25) is 0 Å². The van der Waals surface area contributed by atoms with Gasteiger partial charge in [0.2, 0.25) is 0 Å². The van der Waals surface area contributed by atoms with Crippen molar-refractivity contribution < 1.29 is 14.3 Å². The molecular formula is C12H10BFO2. The molecule has 1 aromatic rings. The Labute approximate surface area is 94.2 Å². The molecular weight excluding hydrogens is 206 g/mol. The Morgan fingerprint density at radius 1 is 1.31 bits per heavy atom. The van der Waals surface area contributed by atoms with Crippen LogP contribution in [0, 0.1) is 5.82 Å². The van der Waals surface area contributed by atoms with Gasteiger partial charge < -0.3 is 5.11 Å². The van der Waals surface area contributed by atoms with Crippen molar-refractivity contribution in [1.82, 2.24) is 0 Å². The van der Waals surface area contributed by atoms with E-state index in [1.165, 1.54) is 12.1 Å². The second-order valence-electron chi connectivity index (χ2n) is 3.89. The van der Waals surface area contributed by atoms with Crippen molar-refractivity contribution in [3.63, 3.8) is 0 Å². The summed E-state index contributed by atoms with van der Waals surface area (Å²) in [6.45, 7) is 0. The van der Waals surface area contributed by atoms with Crippen molar-refractivity contribution >= 4 is 24.9 Å². The zero-order valence-corrected chi connectivity index (χ0v) is 8.66. The molecule has 1 N–H and O–H groups in total. The van der Waals surface area contributed by atoms with Crippen LogP contribution in [0.15, 0.2) is 23.8 Å². The van der Waals surface area contributed by atoms with Crippen LogP contribution in [0.3, 0.4) is 0 Å². The van der Waals surface area contributed by atoms with Crippen LogP contribution in [-0.4, -0.2) is 18.9 Å². The SMILES string of the molecule is [B]c1cc(F)cc(C2=C(C(=O)O)CCC2)c1. The number of carbonyl (C=O) groups is 1. The van der Waals surface area contributed by atoms with Crippen LogP contribution in [0.4, 0.5) is 4.39 Å². The molecule has 0 aromatic heterocycles. The lowest BCUT2D eigenvalue weighted by Crippen LogP contribution is -2.06. The number of carboxylic acids is 1. The van der Waals surface area contributed by atoms with Gasteiger partial charge in [0.15, 0.2) is 0 Å². The van der Waals surface area contributed by atoms with Crippen LogP contribution in [-0.2, 0) is 4.79 Å². The van der Waals surface area contributed by atoms with Crippen molar-refractivity contribution in [3.05, 3.63) is 35.2 Å². The minimum Gasteiger partial charge on any atom is -0.478 e. The highest BCUT2D eigenvalue weighted by Crippen LogP contribution is 2.33. The van der Waals surface area contributed by atoms with E-state index in [0.717, 1.165) is 6.42 Å². The molecule has 0 amide bonds. The fraction of sp³-hybridized carbons (Fsp3) is 0.250. The first kappa shape index (κ1) is 10.9.